The molecule has 0 radical (unpaired) electrons. The van der Waals surface area contributed by atoms with Crippen molar-refractivity contribution in [2.45, 2.75) is 62.9 Å². The van der Waals surface area contributed by atoms with Gasteiger partial charge in [0.15, 0.2) is 0 Å². The van der Waals surface area contributed by atoms with Crippen molar-refractivity contribution < 1.29 is 33.8 Å². The summed E-state index contributed by atoms with van der Waals surface area (Å²) in [6.07, 6.45) is 7.04. The Morgan fingerprint density at radius 1 is 0.907 bits per heavy atom. The molecule has 2 N–H and O–H groups in total. The molecule has 2 saturated heterocycles. The standard InChI is InChI=1S/C43H48N4O7/c1-3-45(4-2)31-20-22-32(23-21-31)46-25-13-24-43-38(41(51)47(39(43)42(46)52)33(27-48)26-29-14-7-5-8-15-29)37-35(54-43)18-11-12-19-36(49)53-28-34(44-40(37)50)30-16-9-6-10-17-30/h5-11,13-18,20-24,33-35,37-39,48H,3-4,12,19,25-28H2,1-2H3,(H,44,50)/b18-11-/t33-,34+,35-,37+,38+,39-,43+/m1/s1. The van der Waals surface area contributed by atoms with Crippen LogP contribution in [0.15, 0.2) is 109 Å². The monoisotopic (exact) mass is 732 g/mol. The van der Waals surface area contributed by atoms with Crippen molar-refractivity contribution in [2.24, 2.45) is 11.8 Å². The smallest absolute Gasteiger partial charge is 0.306 e. The van der Waals surface area contributed by atoms with Crippen LogP contribution in [0.3, 0.4) is 0 Å². The first-order valence-electron chi connectivity index (χ1n) is 19.0. The van der Waals surface area contributed by atoms with Gasteiger partial charge in [-0.15, -0.1) is 0 Å². The van der Waals surface area contributed by atoms with Gasteiger partial charge in [0.1, 0.15) is 18.2 Å². The molecule has 0 saturated carbocycles. The van der Waals surface area contributed by atoms with E-state index < -0.39 is 66.1 Å². The molecule has 4 heterocycles. The highest BCUT2D eigenvalue weighted by molar-refractivity contribution is 6.06. The molecule has 1 spiro atoms. The topological polar surface area (TPSA) is 129 Å². The lowest BCUT2D eigenvalue weighted by Gasteiger charge is -2.38. The Balaban J connectivity index is 1.32. The van der Waals surface area contributed by atoms with E-state index in [2.05, 4.69) is 24.1 Å². The number of anilines is 2. The molecular weight excluding hydrogens is 684 g/mol. The number of rotatable bonds is 9. The molecule has 7 rings (SSSR count). The van der Waals surface area contributed by atoms with E-state index in [-0.39, 0.29) is 25.5 Å². The van der Waals surface area contributed by atoms with Crippen molar-refractivity contribution in [3.8, 4) is 0 Å². The van der Waals surface area contributed by atoms with Crippen LogP contribution in [0.2, 0.25) is 0 Å². The summed E-state index contributed by atoms with van der Waals surface area (Å²) in [5, 5.41) is 14.0. The fourth-order valence-corrected chi connectivity index (χ4v) is 8.57. The van der Waals surface area contributed by atoms with Gasteiger partial charge in [-0.1, -0.05) is 85.0 Å². The largest absolute Gasteiger partial charge is 0.463 e. The Morgan fingerprint density at radius 2 is 1.61 bits per heavy atom. The number of esters is 1. The SMILES string of the molecule is CCN(CC)c1ccc(N2CC=C[C@]34O[C@@H]5/C=C\CCC(=O)OC[C@@H](c6ccccc6)NC(=O)[C@@H]5[C@H]3C(=O)N([C@@H](CO)Cc3ccccc3)[C@@H]4C2=O)cc1. The zero-order valence-corrected chi connectivity index (χ0v) is 30.8. The number of aliphatic hydroxyl groups is 1. The van der Waals surface area contributed by atoms with Crippen LogP contribution in [0.5, 0.6) is 0 Å². The van der Waals surface area contributed by atoms with E-state index in [1.807, 2.05) is 91.0 Å². The number of nitrogens with one attached hydrogen (secondary N) is 1. The third kappa shape index (κ3) is 6.94. The minimum absolute atomic E-state index is 0.0842. The molecule has 282 valence electrons. The van der Waals surface area contributed by atoms with Gasteiger partial charge in [0.2, 0.25) is 11.8 Å². The zero-order valence-electron chi connectivity index (χ0n) is 30.8. The number of hydrogen-bond donors (Lipinski definition) is 2. The predicted octanol–water partition coefficient (Wildman–Crippen LogP) is 4.37. The fourth-order valence-electron chi connectivity index (χ4n) is 8.57. The normalized spacial score (nSPS) is 28.1. The number of carbonyl (C=O) groups is 4. The fraction of sp³-hybridized carbons (Fsp3) is 0.395. The van der Waals surface area contributed by atoms with E-state index in [9.17, 15) is 14.7 Å². The third-order valence-electron chi connectivity index (χ3n) is 11.2. The number of aliphatic hydroxyl groups excluding tert-OH is 1. The zero-order chi connectivity index (χ0) is 37.8. The van der Waals surface area contributed by atoms with Gasteiger partial charge < -0.3 is 34.6 Å². The maximum atomic E-state index is 15.2. The molecule has 7 atom stereocenters. The number of benzene rings is 3. The van der Waals surface area contributed by atoms with Gasteiger partial charge in [-0.25, -0.2) is 0 Å². The molecule has 2 fully saturated rings. The van der Waals surface area contributed by atoms with Crippen molar-refractivity contribution in [1.82, 2.24) is 10.2 Å². The van der Waals surface area contributed by atoms with E-state index in [1.54, 1.807) is 23.1 Å². The lowest BCUT2D eigenvalue weighted by molar-refractivity contribution is -0.146. The van der Waals surface area contributed by atoms with Crippen LogP contribution in [0.25, 0.3) is 0 Å². The number of nitrogens with zero attached hydrogens (tertiary/aromatic N) is 3. The van der Waals surface area contributed by atoms with Gasteiger partial charge in [0.25, 0.3) is 5.91 Å². The summed E-state index contributed by atoms with van der Waals surface area (Å²) in [6, 6.07) is 23.9. The van der Waals surface area contributed by atoms with Gasteiger partial charge in [-0.3, -0.25) is 19.2 Å². The highest BCUT2D eigenvalue weighted by atomic mass is 16.5. The van der Waals surface area contributed by atoms with E-state index in [1.165, 1.54) is 4.90 Å². The molecule has 0 aliphatic carbocycles. The van der Waals surface area contributed by atoms with E-state index in [0.29, 0.717) is 18.5 Å². The Morgan fingerprint density at radius 3 is 2.30 bits per heavy atom. The average molecular weight is 733 g/mol. The maximum absolute atomic E-state index is 15.2. The highest BCUT2D eigenvalue weighted by Crippen LogP contribution is 2.54. The summed E-state index contributed by atoms with van der Waals surface area (Å²) in [5.41, 5.74) is 1.80. The molecule has 0 unspecified atom stereocenters. The second-order valence-corrected chi connectivity index (χ2v) is 14.3. The molecule has 4 aliphatic heterocycles. The molecule has 3 aromatic carbocycles. The van der Waals surface area contributed by atoms with Crippen LogP contribution < -0.4 is 15.1 Å². The molecule has 54 heavy (non-hydrogen) atoms. The lowest BCUT2D eigenvalue weighted by Crippen LogP contribution is -2.58. The van der Waals surface area contributed by atoms with E-state index in [4.69, 9.17) is 9.47 Å². The summed E-state index contributed by atoms with van der Waals surface area (Å²) in [7, 11) is 0. The number of cyclic esters (lactones) is 1. The first-order valence-corrected chi connectivity index (χ1v) is 19.0. The number of fused-ring (bicyclic) bond motifs is 2. The number of ether oxygens (including phenoxy) is 2. The van der Waals surface area contributed by atoms with Gasteiger partial charge in [-0.2, -0.15) is 0 Å². The number of hydrogen-bond acceptors (Lipinski definition) is 8. The summed E-state index contributed by atoms with van der Waals surface area (Å²) in [4.78, 5) is 62.9. The molecule has 11 heteroatoms. The maximum Gasteiger partial charge on any atom is 0.306 e. The molecular formula is C43H48N4O7. The quantitative estimate of drug-likeness (QED) is 0.245. The van der Waals surface area contributed by atoms with Crippen LogP contribution in [-0.2, 0) is 35.1 Å². The second kappa shape index (κ2) is 16.0. The summed E-state index contributed by atoms with van der Waals surface area (Å²) >= 11 is 0. The molecule has 0 bridgehead atoms. The van der Waals surface area contributed by atoms with Crippen LogP contribution in [0, 0.1) is 11.8 Å². The average Bonchev–Trinajstić information content (AvgIpc) is 3.59. The van der Waals surface area contributed by atoms with Crippen LogP contribution in [-0.4, -0.2) is 90.3 Å². The highest BCUT2D eigenvalue weighted by Gasteiger charge is 2.72. The van der Waals surface area contributed by atoms with Crippen LogP contribution in [0.1, 0.15) is 43.9 Å². The van der Waals surface area contributed by atoms with Crippen molar-refractivity contribution >= 4 is 35.1 Å². The number of allylic oxidation sites excluding steroid dienone is 1. The van der Waals surface area contributed by atoms with Crippen LogP contribution in [0.4, 0.5) is 11.4 Å². The Bertz CT molecular complexity index is 1880. The molecule has 11 nitrogen and oxygen atoms in total. The van der Waals surface area contributed by atoms with Gasteiger partial charge in [-0.05, 0) is 62.1 Å². The molecule has 3 amide bonds. The van der Waals surface area contributed by atoms with Crippen LogP contribution >= 0.6 is 0 Å². The number of amides is 3. The first-order chi connectivity index (χ1) is 26.3. The first kappa shape index (κ1) is 37.1. The van der Waals surface area contributed by atoms with Gasteiger partial charge in [0.05, 0.1) is 36.6 Å². The summed E-state index contributed by atoms with van der Waals surface area (Å²) < 4.78 is 12.5. The summed E-state index contributed by atoms with van der Waals surface area (Å²) in [6.45, 7) is 5.59. The van der Waals surface area contributed by atoms with Crippen molar-refractivity contribution in [1.29, 1.82) is 0 Å². The van der Waals surface area contributed by atoms with E-state index in [0.717, 1.165) is 29.9 Å². The van der Waals surface area contributed by atoms with Crippen molar-refractivity contribution in [3.05, 3.63) is 120 Å². The second-order valence-electron chi connectivity index (χ2n) is 14.3. The van der Waals surface area contributed by atoms with E-state index >= 15 is 9.59 Å². The molecule has 3 aromatic rings. The Hall–Kier alpha value is -5.26. The van der Waals surface area contributed by atoms with Gasteiger partial charge >= 0.3 is 5.97 Å². The third-order valence-corrected chi connectivity index (χ3v) is 11.2. The molecule has 4 aliphatic rings. The Labute approximate surface area is 316 Å². The minimum Gasteiger partial charge on any atom is -0.463 e. The predicted molar refractivity (Wildman–Crippen MR) is 204 cm³/mol. The number of carbonyl (C=O) groups excluding carboxylic acids is 4. The minimum atomic E-state index is -1.53. The summed E-state index contributed by atoms with van der Waals surface area (Å²) in [5.74, 6) is -3.76. The lowest BCUT2D eigenvalue weighted by atomic mass is 9.77. The molecule has 0 aromatic heterocycles. The van der Waals surface area contributed by atoms with Gasteiger partial charge in [0, 0.05) is 37.4 Å². The number of likely N-dealkylation sites (tertiary alicyclic amines) is 1. The van der Waals surface area contributed by atoms with Crippen molar-refractivity contribution in [3.63, 3.8) is 0 Å². The Kier molecular flexibility index (Phi) is 11.0. The van der Waals surface area contributed by atoms with Crippen molar-refractivity contribution in [2.75, 3.05) is 42.6 Å².